The Hall–Kier alpha value is -3.34. The van der Waals surface area contributed by atoms with Gasteiger partial charge in [0.2, 0.25) is 0 Å². The van der Waals surface area contributed by atoms with Crippen molar-refractivity contribution in [2.45, 2.75) is 6.61 Å². The first-order valence-corrected chi connectivity index (χ1v) is 7.87. The van der Waals surface area contributed by atoms with E-state index in [0.29, 0.717) is 23.7 Å². The number of nitrogens with zero attached hydrogens (tertiary/aromatic N) is 1. The van der Waals surface area contributed by atoms with Crippen LogP contribution in [0.5, 0.6) is 11.5 Å². The molecular formula is C20H15NO4. The number of aliphatic hydroxyl groups is 1. The van der Waals surface area contributed by atoms with E-state index in [9.17, 15) is 4.79 Å². The van der Waals surface area contributed by atoms with Gasteiger partial charge in [0.25, 0.3) is 0 Å². The van der Waals surface area contributed by atoms with Gasteiger partial charge >= 0.3 is 0 Å². The molecule has 0 atom stereocenters. The third kappa shape index (κ3) is 2.92. The Morgan fingerprint density at radius 3 is 2.92 bits per heavy atom. The number of ether oxygens (including phenoxy) is 2. The highest BCUT2D eigenvalue weighted by Gasteiger charge is 2.24. The van der Waals surface area contributed by atoms with Crippen LogP contribution in [0, 0.1) is 0 Å². The molecule has 25 heavy (non-hydrogen) atoms. The molecule has 0 saturated carbocycles. The summed E-state index contributed by atoms with van der Waals surface area (Å²) in [7, 11) is 0. The zero-order chi connectivity index (χ0) is 17.2. The normalized spacial score (nSPS) is 15.0. The molecule has 1 aromatic heterocycles. The van der Waals surface area contributed by atoms with Gasteiger partial charge in [0.15, 0.2) is 5.78 Å². The number of Topliss-reactive ketones (excluding diaryl/α,β-unsaturated/α-hetero) is 1. The van der Waals surface area contributed by atoms with E-state index in [1.54, 1.807) is 18.2 Å². The van der Waals surface area contributed by atoms with Crippen molar-refractivity contribution in [2.75, 3.05) is 6.61 Å². The molecule has 5 nitrogen and oxygen atoms in total. The van der Waals surface area contributed by atoms with Gasteiger partial charge in [-0.15, -0.1) is 0 Å². The van der Waals surface area contributed by atoms with Crippen LogP contribution in [0.3, 0.4) is 0 Å². The minimum Gasteiger partial charge on any atom is -0.515 e. The van der Waals surface area contributed by atoms with Crippen molar-refractivity contribution in [1.82, 2.24) is 4.98 Å². The largest absolute Gasteiger partial charge is 0.515 e. The number of hydrogen-bond acceptors (Lipinski definition) is 5. The fraction of sp³-hybridized carbons (Fsp3) is 0.100. The van der Waals surface area contributed by atoms with Crippen LogP contribution in [0.2, 0.25) is 0 Å². The molecule has 2 aromatic carbocycles. The Kier molecular flexibility index (Phi) is 3.82. The minimum atomic E-state index is -0.252. The highest BCUT2D eigenvalue weighted by molar-refractivity contribution is 6.11. The Morgan fingerprint density at radius 1 is 1.16 bits per heavy atom. The summed E-state index contributed by atoms with van der Waals surface area (Å²) in [5.74, 6) is 0.787. The predicted molar refractivity (Wildman–Crippen MR) is 93.1 cm³/mol. The molecule has 124 valence electrons. The maximum absolute atomic E-state index is 12.2. The second-order valence-electron chi connectivity index (χ2n) is 5.71. The Balaban J connectivity index is 1.55. The van der Waals surface area contributed by atoms with Crippen molar-refractivity contribution < 1.29 is 19.4 Å². The molecule has 0 amide bonds. The summed E-state index contributed by atoms with van der Waals surface area (Å²) in [6.45, 7) is 0.366. The summed E-state index contributed by atoms with van der Waals surface area (Å²) in [4.78, 5) is 16.8. The van der Waals surface area contributed by atoms with Crippen LogP contribution < -0.4 is 9.47 Å². The van der Waals surface area contributed by atoms with Gasteiger partial charge in [-0.05, 0) is 30.3 Å². The first kappa shape index (κ1) is 15.2. The topological polar surface area (TPSA) is 68.7 Å². The van der Waals surface area contributed by atoms with Gasteiger partial charge in [0, 0.05) is 5.39 Å². The van der Waals surface area contributed by atoms with Gasteiger partial charge in [-0.1, -0.05) is 24.3 Å². The number of para-hydroxylation sites is 1. The predicted octanol–water partition coefficient (Wildman–Crippen LogP) is 3.83. The average Bonchev–Trinajstić information content (AvgIpc) is 2.67. The summed E-state index contributed by atoms with van der Waals surface area (Å²) in [5, 5.41) is 10.2. The van der Waals surface area contributed by atoms with Crippen molar-refractivity contribution >= 4 is 16.7 Å². The van der Waals surface area contributed by atoms with Crippen molar-refractivity contribution in [3.05, 3.63) is 77.7 Å². The number of pyridine rings is 1. The van der Waals surface area contributed by atoms with Crippen LogP contribution in [0.25, 0.3) is 10.9 Å². The van der Waals surface area contributed by atoms with Crippen LogP contribution in [-0.2, 0) is 6.61 Å². The lowest BCUT2D eigenvalue weighted by atomic mass is 10.0. The first-order valence-electron chi connectivity index (χ1n) is 7.87. The summed E-state index contributed by atoms with van der Waals surface area (Å²) < 4.78 is 11.2. The zero-order valence-electron chi connectivity index (χ0n) is 13.3. The minimum absolute atomic E-state index is 0.0730. The average molecular weight is 333 g/mol. The number of ketones is 1. The monoisotopic (exact) mass is 333 g/mol. The lowest BCUT2D eigenvalue weighted by Gasteiger charge is -2.18. The molecule has 0 saturated heterocycles. The standard InChI is InChI=1S/C20H15NO4/c22-10-14-11-25-19-8-7-16(9-17(19)20(14)23)24-12-15-6-5-13-3-1-2-4-18(13)21-15/h1-10,22H,11-12H2. The van der Waals surface area contributed by atoms with Gasteiger partial charge in [-0.25, -0.2) is 4.98 Å². The number of hydrogen-bond donors (Lipinski definition) is 1. The number of rotatable bonds is 3. The van der Waals surface area contributed by atoms with Crippen LogP contribution in [0.1, 0.15) is 16.1 Å². The fourth-order valence-electron chi connectivity index (χ4n) is 2.74. The number of aromatic nitrogens is 1. The summed E-state index contributed by atoms with van der Waals surface area (Å²) >= 11 is 0. The van der Waals surface area contributed by atoms with E-state index in [-0.39, 0.29) is 18.0 Å². The van der Waals surface area contributed by atoms with E-state index in [0.717, 1.165) is 22.9 Å². The maximum Gasteiger partial charge on any atom is 0.199 e. The van der Waals surface area contributed by atoms with E-state index in [4.69, 9.17) is 14.6 Å². The van der Waals surface area contributed by atoms with Gasteiger partial charge in [-0.2, -0.15) is 0 Å². The molecule has 0 unspecified atom stereocenters. The summed E-state index contributed by atoms with van der Waals surface area (Å²) in [5.41, 5.74) is 2.32. The van der Waals surface area contributed by atoms with Crippen LogP contribution in [0.4, 0.5) is 0 Å². The number of fused-ring (bicyclic) bond motifs is 2. The zero-order valence-corrected chi connectivity index (χ0v) is 13.3. The lowest BCUT2D eigenvalue weighted by molar-refractivity contribution is 0.0994. The summed E-state index contributed by atoms with van der Waals surface area (Å²) in [6, 6.07) is 16.9. The molecule has 0 radical (unpaired) electrons. The molecule has 5 heteroatoms. The van der Waals surface area contributed by atoms with E-state index in [1.807, 2.05) is 36.4 Å². The van der Waals surface area contributed by atoms with Crippen molar-refractivity contribution in [1.29, 1.82) is 0 Å². The van der Waals surface area contributed by atoms with Crippen molar-refractivity contribution in [3.8, 4) is 11.5 Å². The molecule has 2 heterocycles. The molecule has 1 aliphatic heterocycles. The Morgan fingerprint density at radius 2 is 2.04 bits per heavy atom. The smallest absolute Gasteiger partial charge is 0.199 e. The van der Waals surface area contributed by atoms with Crippen molar-refractivity contribution in [2.24, 2.45) is 0 Å². The van der Waals surface area contributed by atoms with Crippen LogP contribution >= 0.6 is 0 Å². The van der Waals surface area contributed by atoms with E-state index in [1.165, 1.54) is 0 Å². The molecule has 4 rings (SSSR count). The molecule has 0 bridgehead atoms. The first-order chi connectivity index (χ1) is 12.2. The summed E-state index contributed by atoms with van der Waals surface area (Å²) in [6.07, 6.45) is 0.789. The van der Waals surface area contributed by atoms with Gasteiger partial charge in [-0.3, -0.25) is 4.79 Å². The second kappa shape index (κ2) is 6.28. The fourth-order valence-corrected chi connectivity index (χ4v) is 2.74. The third-order valence-corrected chi connectivity index (χ3v) is 4.07. The number of carbonyl (C=O) groups is 1. The van der Waals surface area contributed by atoms with Crippen LogP contribution in [0.15, 0.2) is 66.4 Å². The molecular weight excluding hydrogens is 318 g/mol. The highest BCUT2D eigenvalue weighted by atomic mass is 16.5. The molecule has 3 aromatic rings. The molecule has 0 spiro atoms. The molecule has 0 aliphatic carbocycles. The lowest BCUT2D eigenvalue weighted by Crippen LogP contribution is -2.19. The third-order valence-electron chi connectivity index (χ3n) is 4.07. The van der Waals surface area contributed by atoms with E-state index in [2.05, 4.69) is 4.98 Å². The van der Waals surface area contributed by atoms with E-state index >= 15 is 0 Å². The molecule has 0 fully saturated rings. The quantitative estimate of drug-likeness (QED) is 0.583. The van der Waals surface area contributed by atoms with Crippen LogP contribution in [-0.4, -0.2) is 22.5 Å². The number of carbonyl (C=O) groups excluding carboxylic acids is 1. The highest BCUT2D eigenvalue weighted by Crippen LogP contribution is 2.30. The molecule has 1 N–H and O–H groups in total. The van der Waals surface area contributed by atoms with Gasteiger partial charge in [0.1, 0.15) is 24.7 Å². The van der Waals surface area contributed by atoms with Gasteiger partial charge < -0.3 is 14.6 Å². The Labute approximate surface area is 144 Å². The number of benzene rings is 2. The number of aliphatic hydroxyl groups excluding tert-OH is 1. The SMILES string of the molecule is O=C1C(=CO)COc2ccc(OCc3ccc4ccccc4n3)cc21. The molecule has 1 aliphatic rings. The van der Waals surface area contributed by atoms with E-state index < -0.39 is 0 Å². The van der Waals surface area contributed by atoms with Gasteiger partial charge in [0.05, 0.1) is 28.6 Å². The maximum atomic E-state index is 12.2. The second-order valence-corrected chi connectivity index (χ2v) is 5.71. The van der Waals surface area contributed by atoms with Crippen molar-refractivity contribution in [3.63, 3.8) is 0 Å². The Bertz CT molecular complexity index is 994.